The summed E-state index contributed by atoms with van der Waals surface area (Å²) in [7, 11) is 0. The van der Waals surface area contributed by atoms with Gasteiger partial charge < -0.3 is 38.8 Å². The predicted molar refractivity (Wildman–Crippen MR) is 113 cm³/mol. The smallest absolute Gasteiger partial charge is 0.408 e. The van der Waals surface area contributed by atoms with E-state index in [1.807, 2.05) is 0 Å². The third-order valence-electron chi connectivity index (χ3n) is 3.65. The number of ketones is 1. The Morgan fingerprint density at radius 3 is 1.84 bits per heavy atom. The highest BCUT2D eigenvalue weighted by atomic mass is 16.6. The number of carboxylic acid groups (broad SMARTS) is 1. The lowest BCUT2D eigenvalue weighted by Crippen LogP contribution is -2.28. The number of rotatable bonds is 23. The summed E-state index contributed by atoms with van der Waals surface area (Å²) >= 11 is 0. The van der Waals surface area contributed by atoms with Gasteiger partial charge in [0.25, 0.3) is 0 Å². The molecule has 0 saturated heterocycles. The molecule has 0 spiro atoms. The molecule has 0 fully saturated rings. The van der Waals surface area contributed by atoms with Gasteiger partial charge in [-0.05, 0) is 6.42 Å². The van der Waals surface area contributed by atoms with E-state index in [-0.39, 0.29) is 25.4 Å². The zero-order valence-corrected chi connectivity index (χ0v) is 18.5. The first-order valence-corrected chi connectivity index (χ1v) is 10.5. The third-order valence-corrected chi connectivity index (χ3v) is 3.65. The van der Waals surface area contributed by atoms with E-state index in [1.54, 1.807) is 0 Å². The quantitative estimate of drug-likeness (QED) is 0.165. The van der Waals surface area contributed by atoms with Crippen molar-refractivity contribution in [2.75, 3.05) is 79.2 Å². The first-order chi connectivity index (χ1) is 15.6. The molecule has 0 atom stereocenters. The molecule has 11 nitrogen and oxygen atoms in total. The lowest BCUT2D eigenvalue weighted by atomic mass is 10.2. The van der Waals surface area contributed by atoms with E-state index < -0.39 is 12.1 Å². The zero-order valence-electron chi connectivity index (χ0n) is 18.5. The van der Waals surface area contributed by atoms with Gasteiger partial charge in [0, 0.05) is 26.0 Å². The summed E-state index contributed by atoms with van der Waals surface area (Å²) in [5.74, 6) is 1.41. The maximum atomic E-state index is 11.7. The van der Waals surface area contributed by atoms with Gasteiger partial charge in [-0.1, -0.05) is 5.92 Å². The molecule has 0 aliphatic rings. The number of Topliss-reactive ketones (excluding diaryl/α,β-unsaturated/α-hetero) is 1. The van der Waals surface area contributed by atoms with Crippen LogP contribution in [0.25, 0.3) is 0 Å². The summed E-state index contributed by atoms with van der Waals surface area (Å²) in [6, 6.07) is 0. The minimum absolute atomic E-state index is 0.0232. The van der Waals surface area contributed by atoms with Crippen LogP contribution >= 0.6 is 0 Å². The van der Waals surface area contributed by atoms with Gasteiger partial charge in [-0.15, -0.1) is 6.42 Å². The SMILES string of the molecule is C#CCOC(=O)NCCOCCOCCOCCC(=O)CCCOCCOCCC(=O)O. The molecule has 0 aromatic carbocycles. The van der Waals surface area contributed by atoms with Crippen molar-refractivity contribution in [2.24, 2.45) is 0 Å². The second-order valence-corrected chi connectivity index (χ2v) is 6.30. The molecule has 0 heterocycles. The molecule has 0 radical (unpaired) electrons. The van der Waals surface area contributed by atoms with Crippen LogP contribution in [0.4, 0.5) is 4.79 Å². The number of nitrogens with one attached hydrogen (secondary N) is 1. The van der Waals surface area contributed by atoms with Crippen molar-refractivity contribution < 1.29 is 47.9 Å². The highest BCUT2D eigenvalue weighted by Gasteiger charge is 2.03. The van der Waals surface area contributed by atoms with E-state index in [9.17, 15) is 14.4 Å². The second-order valence-electron chi connectivity index (χ2n) is 6.30. The van der Waals surface area contributed by atoms with Crippen molar-refractivity contribution in [1.29, 1.82) is 0 Å². The van der Waals surface area contributed by atoms with Crippen LogP contribution in [0, 0.1) is 12.3 Å². The van der Waals surface area contributed by atoms with E-state index in [0.717, 1.165) is 0 Å². The summed E-state index contributed by atoms with van der Waals surface area (Å²) in [5.41, 5.74) is 0. The van der Waals surface area contributed by atoms with Gasteiger partial charge in [0.05, 0.1) is 65.9 Å². The van der Waals surface area contributed by atoms with Gasteiger partial charge in [-0.2, -0.15) is 0 Å². The predicted octanol–water partition coefficient (Wildman–Crippen LogP) is 0.643. The van der Waals surface area contributed by atoms with Crippen molar-refractivity contribution in [1.82, 2.24) is 5.32 Å². The van der Waals surface area contributed by atoms with Gasteiger partial charge in [0.15, 0.2) is 6.61 Å². The lowest BCUT2D eigenvalue weighted by Gasteiger charge is -2.08. The van der Waals surface area contributed by atoms with Crippen LogP contribution < -0.4 is 5.32 Å². The maximum absolute atomic E-state index is 11.7. The Hall–Kier alpha value is -2.23. The molecule has 32 heavy (non-hydrogen) atoms. The number of amides is 1. The summed E-state index contributed by atoms with van der Waals surface area (Å²) in [6.45, 7) is 3.83. The Morgan fingerprint density at radius 1 is 0.719 bits per heavy atom. The zero-order chi connectivity index (χ0) is 23.7. The van der Waals surface area contributed by atoms with Crippen molar-refractivity contribution in [3.05, 3.63) is 0 Å². The third kappa shape index (κ3) is 24.0. The molecule has 0 rings (SSSR count). The number of aliphatic carboxylic acids is 1. The fraction of sp³-hybridized carbons (Fsp3) is 0.762. The maximum Gasteiger partial charge on any atom is 0.408 e. The first kappa shape index (κ1) is 29.8. The Balaban J connectivity index is 3.22. The standard InChI is InChI=1S/C21H35NO10/c1-2-8-32-21(26)22-7-12-30-16-18-31-17-15-28-10-5-19(23)4-3-9-27-13-14-29-11-6-20(24)25/h1H,3-18H2,(H,22,26)(H,24,25). The van der Waals surface area contributed by atoms with Crippen LogP contribution in [-0.2, 0) is 38.0 Å². The molecule has 0 aromatic heterocycles. The Morgan fingerprint density at radius 2 is 1.25 bits per heavy atom. The van der Waals surface area contributed by atoms with Crippen molar-refractivity contribution in [2.45, 2.75) is 25.7 Å². The van der Waals surface area contributed by atoms with Crippen LogP contribution in [0.1, 0.15) is 25.7 Å². The highest BCUT2D eigenvalue weighted by molar-refractivity contribution is 5.78. The van der Waals surface area contributed by atoms with Crippen LogP contribution in [0.3, 0.4) is 0 Å². The van der Waals surface area contributed by atoms with Crippen molar-refractivity contribution >= 4 is 17.8 Å². The minimum Gasteiger partial charge on any atom is -0.481 e. The summed E-state index contributed by atoms with van der Waals surface area (Å²) in [5, 5.41) is 10.9. The molecular formula is C21H35NO10. The second kappa shape index (κ2) is 23.4. The number of carbonyl (C=O) groups excluding carboxylic acids is 2. The van der Waals surface area contributed by atoms with Crippen LogP contribution in [0.2, 0.25) is 0 Å². The van der Waals surface area contributed by atoms with E-state index >= 15 is 0 Å². The van der Waals surface area contributed by atoms with Gasteiger partial charge in [-0.25, -0.2) is 4.79 Å². The normalized spacial score (nSPS) is 10.5. The molecule has 0 aliphatic carbocycles. The molecule has 0 bridgehead atoms. The summed E-state index contributed by atoms with van der Waals surface area (Å²) < 4.78 is 31.0. The monoisotopic (exact) mass is 461 g/mol. The van der Waals surface area contributed by atoms with Crippen LogP contribution in [0.5, 0.6) is 0 Å². The summed E-state index contributed by atoms with van der Waals surface area (Å²) in [6.07, 6.45) is 5.75. The van der Waals surface area contributed by atoms with Gasteiger partial charge in [-0.3, -0.25) is 9.59 Å². The highest BCUT2D eigenvalue weighted by Crippen LogP contribution is 1.97. The molecule has 0 saturated carbocycles. The van der Waals surface area contributed by atoms with Gasteiger partial charge in [0.1, 0.15) is 5.78 Å². The Bertz CT molecular complexity index is 535. The van der Waals surface area contributed by atoms with Crippen molar-refractivity contribution in [3.8, 4) is 12.3 Å². The van der Waals surface area contributed by atoms with E-state index in [0.29, 0.717) is 85.3 Å². The number of carbonyl (C=O) groups is 3. The number of hydrogen-bond acceptors (Lipinski definition) is 9. The average molecular weight is 462 g/mol. The Labute approximate surface area is 189 Å². The van der Waals surface area contributed by atoms with Crippen LogP contribution in [0.15, 0.2) is 0 Å². The number of terminal acetylenes is 1. The molecule has 0 unspecified atom stereocenters. The fourth-order valence-corrected chi connectivity index (χ4v) is 2.09. The number of hydrogen-bond donors (Lipinski definition) is 2. The molecule has 184 valence electrons. The van der Waals surface area contributed by atoms with E-state index in [1.165, 1.54) is 0 Å². The minimum atomic E-state index is -0.893. The van der Waals surface area contributed by atoms with E-state index in [2.05, 4.69) is 16.0 Å². The molecule has 11 heteroatoms. The molecule has 0 aliphatic heterocycles. The fourth-order valence-electron chi connectivity index (χ4n) is 2.09. The van der Waals surface area contributed by atoms with Crippen molar-refractivity contribution in [3.63, 3.8) is 0 Å². The van der Waals surface area contributed by atoms with E-state index in [4.69, 9.17) is 35.2 Å². The largest absolute Gasteiger partial charge is 0.481 e. The molecular weight excluding hydrogens is 426 g/mol. The number of ether oxygens (including phenoxy) is 6. The molecule has 1 amide bonds. The summed E-state index contributed by atoms with van der Waals surface area (Å²) in [4.78, 5) is 33.1. The topological polar surface area (TPSA) is 139 Å². The van der Waals surface area contributed by atoms with Gasteiger partial charge in [0.2, 0.25) is 0 Å². The number of alkyl carbamates (subject to hydrolysis) is 1. The van der Waals surface area contributed by atoms with Crippen LogP contribution in [-0.4, -0.2) is 102 Å². The average Bonchev–Trinajstić information content (AvgIpc) is 2.77. The van der Waals surface area contributed by atoms with Gasteiger partial charge >= 0.3 is 12.1 Å². The Kier molecular flexibility index (Phi) is 21.8. The first-order valence-electron chi connectivity index (χ1n) is 10.5. The molecule has 0 aromatic rings. The lowest BCUT2D eigenvalue weighted by molar-refractivity contribution is -0.138. The number of carboxylic acids is 1. The molecule has 2 N–H and O–H groups in total.